The molecule has 1 fully saturated rings. The molecule has 0 spiro atoms. The predicted octanol–water partition coefficient (Wildman–Crippen LogP) is 4.56. The quantitative estimate of drug-likeness (QED) is 0.447. The fourth-order valence-electron chi connectivity index (χ4n) is 4.88. The van der Waals surface area contributed by atoms with E-state index in [1.54, 1.807) is 12.3 Å². The van der Waals surface area contributed by atoms with Crippen molar-refractivity contribution < 1.29 is 19.1 Å². The number of hydrogen-bond donors (Lipinski definition) is 1. The van der Waals surface area contributed by atoms with Crippen LogP contribution in [0.15, 0.2) is 72.9 Å². The number of carbonyl (C=O) groups excluding carboxylic acids is 2. The number of likely N-dealkylation sites (tertiary alicyclic amines) is 1. The summed E-state index contributed by atoms with van der Waals surface area (Å²) in [5, 5.41) is 3.69. The van der Waals surface area contributed by atoms with E-state index >= 15 is 0 Å². The first kappa shape index (κ1) is 23.0. The molecule has 4 aromatic rings. The number of benzene rings is 2. The van der Waals surface area contributed by atoms with E-state index in [9.17, 15) is 9.59 Å². The van der Waals surface area contributed by atoms with Crippen molar-refractivity contribution in [3.05, 3.63) is 78.5 Å². The molecule has 6 rings (SSSR count). The van der Waals surface area contributed by atoms with Crippen LogP contribution in [0.1, 0.15) is 23.2 Å². The first-order chi connectivity index (χ1) is 18.2. The van der Waals surface area contributed by atoms with Gasteiger partial charge >= 0.3 is 0 Å². The molecule has 0 atom stereocenters. The number of aromatic nitrogens is 2. The Morgan fingerprint density at radius 2 is 1.68 bits per heavy atom. The highest BCUT2D eigenvalue weighted by Gasteiger charge is 2.29. The fourth-order valence-corrected chi connectivity index (χ4v) is 4.88. The number of nitrogens with zero attached hydrogens (tertiary/aromatic N) is 3. The number of piperidine rings is 1. The Hall–Kier alpha value is -4.46. The molecule has 0 aliphatic carbocycles. The van der Waals surface area contributed by atoms with E-state index in [0.717, 1.165) is 16.5 Å². The molecule has 2 aromatic carbocycles. The first-order valence-electron chi connectivity index (χ1n) is 12.5. The second-order valence-corrected chi connectivity index (χ2v) is 9.20. The number of fused-ring (bicyclic) bond motifs is 2. The average molecular weight is 495 g/mol. The molecule has 4 heterocycles. The van der Waals surface area contributed by atoms with Crippen molar-refractivity contribution in [1.82, 2.24) is 14.9 Å². The van der Waals surface area contributed by atoms with E-state index in [1.165, 1.54) is 0 Å². The van der Waals surface area contributed by atoms with Crippen LogP contribution in [0.5, 0.6) is 11.5 Å². The van der Waals surface area contributed by atoms with E-state index in [4.69, 9.17) is 14.5 Å². The maximum absolute atomic E-state index is 13.7. The number of hydrogen-bond acceptors (Lipinski definition) is 6. The number of pyridine rings is 2. The molecule has 8 heteroatoms. The molecule has 2 aliphatic rings. The number of rotatable bonds is 4. The Labute approximate surface area is 214 Å². The van der Waals surface area contributed by atoms with Gasteiger partial charge in [0, 0.05) is 36.2 Å². The molecule has 2 aromatic heterocycles. The summed E-state index contributed by atoms with van der Waals surface area (Å²) in [6, 6.07) is 20.7. The van der Waals surface area contributed by atoms with Gasteiger partial charge in [-0.15, -0.1) is 0 Å². The number of ether oxygens (including phenoxy) is 2. The van der Waals surface area contributed by atoms with Crippen LogP contribution in [0, 0.1) is 5.92 Å². The summed E-state index contributed by atoms with van der Waals surface area (Å²) in [7, 11) is 0. The molecule has 1 saturated heterocycles. The van der Waals surface area contributed by atoms with Gasteiger partial charge in [0.05, 0.1) is 16.8 Å². The van der Waals surface area contributed by atoms with Crippen molar-refractivity contribution in [2.45, 2.75) is 12.8 Å². The minimum absolute atomic E-state index is 0.0546. The fraction of sp³-hybridized carbons (Fsp3) is 0.241. The molecule has 8 nitrogen and oxygen atoms in total. The average Bonchev–Trinajstić information content (AvgIpc) is 2.96. The van der Waals surface area contributed by atoms with E-state index < -0.39 is 0 Å². The number of amides is 2. The SMILES string of the molecule is O=C(Nc1ccccn1)C1CCN(C(=O)c2cc(-c3ccc4c(c3)OCCO4)nc3ccccc23)CC1. The Kier molecular flexibility index (Phi) is 6.14. The first-order valence-corrected chi connectivity index (χ1v) is 12.5. The van der Waals surface area contributed by atoms with Gasteiger partial charge in [-0.25, -0.2) is 9.97 Å². The standard InChI is InChI=1S/C29H26N4O4/c34-28(32-27-7-3-4-12-30-27)19-10-13-33(14-11-19)29(35)22-18-24(31-23-6-2-1-5-21(22)23)20-8-9-25-26(17-20)37-16-15-36-25/h1-9,12,17-19H,10-11,13-16H2,(H,30,32,34). The van der Waals surface area contributed by atoms with Crippen molar-refractivity contribution in [3.63, 3.8) is 0 Å². The lowest BCUT2D eigenvalue weighted by molar-refractivity contribution is -0.121. The van der Waals surface area contributed by atoms with Gasteiger partial charge in [0.25, 0.3) is 5.91 Å². The monoisotopic (exact) mass is 494 g/mol. The van der Waals surface area contributed by atoms with Crippen molar-refractivity contribution in [2.24, 2.45) is 5.92 Å². The van der Waals surface area contributed by atoms with Crippen LogP contribution in [0.2, 0.25) is 0 Å². The Balaban J connectivity index is 1.23. The molecule has 1 N–H and O–H groups in total. The Morgan fingerprint density at radius 3 is 2.49 bits per heavy atom. The topological polar surface area (TPSA) is 93.7 Å². The van der Waals surface area contributed by atoms with Gasteiger partial charge in [-0.05, 0) is 55.3 Å². The lowest BCUT2D eigenvalue weighted by atomic mass is 9.94. The summed E-state index contributed by atoms with van der Waals surface area (Å²) in [5.41, 5.74) is 2.91. The number of carbonyl (C=O) groups is 2. The van der Waals surface area contributed by atoms with Crippen molar-refractivity contribution in [2.75, 3.05) is 31.6 Å². The summed E-state index contributed by atoms with van der Waals surface area (Å²) in [6.45, 7) is 2.05. The summed E-state index contributed by atoms with van der Waals surface area (Å²) >= 11 is 0. The highest BCUT2D eigenvalue weighted by Crippen LogP contribution is 2.35. The Bertz CT molecular complexity index is 1470. The van der Waals surface area contributed by atoms with Gasteiger partial charge < -0.3 is 19.7 Å². The molecular weight excluding hydrogens is 468 g/mol. The third-order valence-electron chi connectivity index (χ3n) is 6.85. The molecular formula is C29H26N4O4. The molecule has 0 radical (unpaired) electrons. The van der Waals surface area contributed by atoms with Crippen LogP contribution in [0.25, 0.3) is 22.2 Å². The smallest absolute Gasteiger partial charge is 0.254 e. The molecule has 2 amide bonds. The number of para-hydroxylation sites is 1. The predicted molar refractivity (Wildman–Crippen MR) is 140 cm³/mol. The van der Waals surface area contributed by atoms with Crippen LogP contribution >= 0.6 is 0 Å². The minimum atomic E-state index is -0.159. The molecule has 0 unspecified atom stereocenters. The largest absolute Gasteiger partial charge is 0.486 e. The maximum atomic E-state index is 13.7. The Morgan fingerprint density at radius 1 is 0.892 bits per heavy atom. The lowest BCUT2D eigenvalue weighted by Crippen LogP contribution is -2.41. The van der Waals surface area contributed by atoms with Crippen molar-refractivity contribution in [3.8, 4) is 22.8 Å². The summed E-state index contributed by atoms with van der Waals surface area (Å²) in [4.78, 5) is 37.3. The highest BCUT2D eigenvalue weighted by atomic mass is 16.6. The number of anilines is 1. The maximum Gasteiger partial charge on any atom is 0.254 e. The lowest BCUT2D eigenvalue weighted by Gasteiger charge is -2.31. The third kappa shape index (κ3) is 4.70. The zero-order valence-corrected chi connectivity index (χ0v) is 20.2. The molecule has 186 valence electrons. The van der Waals surface area contributed by atoms with Gasteiger partial charge in [0.15, 0.2) is 11.5 Å². The van der Waals surface area contributed by atoms with Crippen LogP contribution in [0.3, 0.4) is 0 Å². The van der Waals surface area contributed by atoms with Gasteiger partial charge in [0.1, 0.15) is 19.0 Å². The molecule has 37 heavy (non-hydrogen) atoms. The summed E-state index contributed by atoms with van der Waals surface area (Å²) in [6.07, 6.45) is 2.85. The molecule has 0 saturated carbocycles. The zero-order chi connectivity index (χ0) is 25.2. The summed E-state index contributed by atoms with van der Waals surface area (Å²) in [5.74, 6) is 1.66. The molecule has 0 bridgehead atoms. The van der Waals surface area contributed by atoms with Gasteiger partial charge in [-0.3, -0.25) is 9.59 Å². The van der Waals surface area contributed by atoms with Gasteiger partial charge in [0.2, 0.25) is 5.91 Å². The second kappa shape index (κ2) is 9.89. The van der Waals surface area contributed by atoms with Crippen molar-refractivity contribution in [1.29, 1.82) is 0 Å². The van der Waals surface area contributed by atoms with Crippen molar-refractivity contribution >= 4 is 28.5 Å². The molecule has 2 aliphatic heterocycles. The van der Waals surface area contributed by atoms with E-state index in [0.29, 0.717) is 67.7 Å². The van der Waals surface area contributed by atoms with E-state index in [2.05, 4.69) is 10.3 Å². The van der Waals surface area contributed by atoms with Gasteiger partial charge in [-0.1, -0.05) is 24.3 Å². The van der Waals surface area contributed by atoms with E-state index in [1.807, 2.05) is 65.6 Å². The minimum Gasteiger partial charge on any atom is -0.486 e. The van der Waals surface area contributed by atoms with Crippen LogP contribution in [0.4, 0.5) is 5.82 Å². The summed E-state index contributed by atoms with van der Waals surface area (Å²) < 4.78 is 11.4. The third-order valence-corrected chi connectivity index (χ3v) is 6.85. The van der Waals surface area contributed by atoms with Gasteiger partial charge in [-0.2, -0.15) is 0 Å². The van der Waals surface area contributed by atoms with Crippen LogP contribution < -0.4 is 14.8 Å². The zero-order valence-electron chi connectivity index (χ0n) is 20.2. The normalized spacial score (nSPS) is 15.4. The van der Waals surface area contributed by atoms with E-state index in [-0.39, 0.29) is 17.7 Å². The van der Waals surface area contributed by atoms with Crippen LogP contribution in [-0.4, -0.2) is 53.0 Å². The number of nitrogens with one attached hydrogen (secondary N) is 1. The second-order valence-electron chi connectivity index (χ2n) is 9.20. The van der Waals surface area contributed by atoms with Crippen LogP contribution in [-0.2, 0) is 4.79 Å². The highest BCUT2D eigenvalue weighted by molar-refractivity contribution is 6.07.